The third-order valence-corrected chi connectivity index (χ3v) is 4.19. The van der Waals surface area contributed by atoms with Crippen LogP contribution < -0.4 is 16.2 Å². The maximum absolute atomic E-state index is 12.2. The zero-order chi connectivity index (χ0) is 20.6. The van der Waals surface area contributed by atoms with E-state index in [1.807, 2.05) is 0 Å². The number of rotatable bonds is 5. The van der Waals surface area contributed by atoms with Crippen LogP contribution in [-0.2, 0) is 9.53 Å². The Bertz CT molecular complexity index is 911. The summed E-state index contributed by atoms with van der Waals surface area (Å²) in [7, 11) is 0. The highest BCUT2D eigenvalue weighted by molar-refractivity contribution is 5.92. The van der Waals surface area contributed by atoms with Crippen LogP contribution in [0.15, 0.2) is 59.6 Å². The summed E-state index contributed by atoms with van der Waals surface area (Å²) in [6, 6.07) is 13.3. The van der Waals surface area contributed by atoms with Gasteiger partial charge in [-0.25, -0.2) is 9.79 Å². The van der Waals surface area contributed by atoms with Crippen molar-refractivity contribution in [1.29, 1.82) is 0 Å². The highest BCUT2D eigenvalue weighted by Crippen LogP contribution is 2.17. The van der Waals surface area contributed by atoms with E-state index in [2.05, 4.69) is 4.99 Å². The molecule has 2 aromatic rings. The monoisotopic (exact) mass is 394 g/mol. The van der Waals surface area contributed by atoms with Crippen molar-refractivity contribution in [3.05, 3.63) is 65.7 Å². The Morgan fingerprint density at radius 2 is 1.66 bits per heavy atom. The first-order valence-corrected chi connectivity index (χ1v) is 9.08. The molecule has 0 radical (unpaired) electrons. The van der Waals surface area contributed by atoms with E-state index in [0.717, 1.165) is 5.56 Å². The molecule has 1 saturated heterocycles. The van der Waals surface area contributed by atoms with Crippen molar-refractivity contribution in [3.8, 4) is 5.75 Å². The number of ether oxygens (including phenoxy) is 2. The molecule has 8 heteroatoms. The van der Waals surface area contributed by atoms with Crippen LogP contribution >= 0.6 is 0 Å². The Labute approximate surface area is 168 Å². The molecule has 1 heterocycles. The molecule has 4 N–H and O–H groups in total. The van der Waals surface area contributed by atoms with Gasteiger partial charge >= 0.3 is 5.97 Å². The van der Waals surface area contributed by atoms with Gasteiger partial charge in [0.25, 0.3) is 0 Å². The Morgan fingerprint density at radius 1 is 1.00 bits per heavy atom. The molecular weight excluding hydrogens is 372 g/mol. The van der Waals surface area contributed by atoms with Gasteiger partial charge in [-0.1, -0.05) is 12.1 Å². The van der Waals surface area contributed by atoms with Crippen molar-refractivity contribution in [2.75, 3.05) is 26.3 Å². The largest absolute Gasteiger partial charge is 0.423 e. The molecule has 0 aliphatic carbocycles. The van der Waals surface area contributed by atoms with Crippen LogP contribution in [-0.4, -0.2) is 49.0 Å². The number of amides is 1. The van der Waals surface area contributed by atoms with Crippen LogP contribution in [0.1, 0.15) is 15.9 Å². The van der Waals surface area contributed by atoms with Crippen LogP contribution in [0.25, 0.3) is 6.08 Å². The molecule has 0 spiro atoms. The molecule has 29 heavy (non-hydrogen) atoms. The topological polar surface area (TPSA) is 120 Å². The van der Waals surface area contributed by atoms with Crippen molar-refractivity contribution >= 4 is 29.6 Å². The molecule has 1 aliphatic rings. The van der Waals surface area contributed by atoms with E-state index in [-0.39, 0.29) is 11.9 Å². The van der Waals surface area contributed by atoms with E-state index < -0.39 is 5.97 Å². The molecular formula is C21H22N4O4. The van der Waals surface area contributed by atoms with Gasteiger partial charge in [0.1, 0.15) is 5.75 Å². The Kier molecular flexibility index (Phi) is 6.59. The fourth-order valence-corrected chi connectivity index (χ4v) is 2.69. The third-order valence-electron chi connectivity index (χ3n) is 4.19. The summed E-state index contributed by atoms with van der Waals surface area (Å²) >= 11 is 0. The number of guanidine groups is 1. The number of hydrogen-bond acceptors (Lipinski definition) is 5. The van der Waals surface area contributed by atoms with Crippen molar-refractivity contribution < 1.29 is 19.1 Å². The van der Waals surface area contributed by atoms with Crippen molar-refractivity contribution in [1.82, 2.24) is 4.90 Å². The Morgan fingerprint density at radius 3 is 2.28 bits per heavy atom. The van der Waals surface area contributed by atoms with Crippen molar-refractivity contribution in [2.45, 2.75) is 0 Å². The number of esters is 1. The zero-order valence-electron chi connectivity index (χ0n) is 15.8. The maximum atomic E-state index is 12.2. The molecule has 1 fully saturated rings. The standard InChI is InChI=1S/C21H22N4O4/c22-21(23)24-17-6-4-16(5-7-17)20(27)29-18-8-1-15(2-9-18)3-10-19(26)25-11-13-28-14-12-25/h1-10H,11-14H2,(H4,22,23,24)/b10-3+. The molecule has 150 valence electrons. The maximum Gasteiger partial charge on any atom is 0.343 e. The smallest absolute Gasteiger partial charge is 0.343 e. The second-order valence-electron chi connectivity index (χ2n) is 6.31. The summed E-state index contributed by atoms with van der Waals surface area (Å²) in [4.78, 5) is 30.0. The van der Waals surface area contributed by atoms with Crippen LogP contribution in [0.2, 0.25) is 0 Å². The molecule has 0 bridgehead atoms. The summed E-state index contributed by atoms with van der Waals surface area (Å²) in [5.41, 5.74) is 12.4. The van der Waals surface area contributed by atoms with Gasteiger partial charge < -0.3 is 25.8 Å². The van der Waals surface area contributed by atoms with Crippen LogP contribution in [0.5, 0.6) is 5.75 Å². The summed E-state index contributed by atoms with van der Waals surface area (Å²) in [5, 5.41) is 0. The average Bonchev–Trinajstić information content (AvgIpc) is 2.73. The van der Waals surface area contributed by atoms with Gasteiger partial charge in [-0.2, -0.15) is 0 Å². The van der Waals surface area contributed by atoms with E-state index >= 15 is 0 Å². The minimum atomic E-state index is -0.493. The number of nitrogens with zero attached hydrogens (tertiary/aromatic N) is 2. The van der Waals surface area contributed by atoms with Crippen molar-refractivity contribution in [2.24, 2.45) is 16.5 Å². The van der Waals surface area contributed by atoms with Crippen LogP contribution in [0, 0.1) is 0 Å². The predicted octanol–water partition coefficient (Wildman–Crippen LogP) is 1.68. The van der Waals surface area contributed by atoms with Gasteiger partial charge in [-0.3, -0.25) is 4.79 Å². The number of nitrogens with two attached hydrogens (primary N) is 2. The van der Waals surface area contributed by atoms with Gasteiger partial charge in [0, 0.05) is 19.2 Å². The lowest BCUT2D eigenvalue weighted by atomic mass is 10.2. The van der Waals surface area contributed by atoms with Crippen LogP contribution in [0.3, 0.4) is 0 Å². The van der Waals surface area contributed by atoms with E-state index in [1.165, 1.54) is 6.08 Å². The average molecular weight is 394 g/mol. The Hall–Kier alpha value is -3.65. The van der Waals surface area contributed by atoms with Gasteiger partial charge in [-0.15, -0.1) is 0 Å². The first kappa shape index (κ1) is 20.1. The number of aliphatic imine (C=N–C) groups is 1. The fourth-order valence-electron chi connectivity index (χ4n) is 2.69. The summed E-state index contributed by atoms with van der Waals surface area (Å²) in [6.07, 6.45) is 3.26. The quantitative estimate of drug-likeness (QED) is 0.262. The zero-order valence-corrected chi connectivity index (χ0v) is 15.8. The molecule has 1 aliphatic heterocycles. The molecule has 0 aromatic heterocycles. The summed E-state index contributed by atoms with van der Waals surface area (Å²) < 4.78 is 10.6. The molecule has 0 atom stereocenters. The first-order valence-electron chi connectivity index (χ1n) is 9.08. The number of benzene rings is 2. The minimum absolute atomic E-state index is 0.0482. The van der Waals surface area contributed by atoms with Gasteiger partial charge in [-0.05, 0) is 48.0 Å². The normalized spacial score (nSPS) is 13.9. The van der Waals surface area contributed by atoms with E-state index in [4.69, 9.17) is 20.9 Å². The van der Waals surface area contributed by atoms with E-state index in [9.17, 15) is 9.59 Å². The lowest BCUT2D eigenvalue weighted by Gasteiger charge is -2.25. The van der Waals surface area contributed by atoms with Gasteiger partial charge in [0.2, 0.25) is 5.91 Å². The number of morpholine rings is 1. The molecule has 2 aromatic carbocycles. The lowest BCUT2D eigenvalue weighted by Crippen LogP contribution is -2.39. The minimum Gasteiger partial charge on any atom is -0.423 e. The third kappa shape index (κ3) is 5.91. The van der Waals surface area contributed by atoms with Crippen molar-refractivity contribution in [3.63, 3.8) is 0 Å². The van der Waals surface area contributed by atoms with Gasteiger partial charge in [0.05, 0.1) is 24.5 Å². The fraction of sp³-hybridized carbons (Fsp3) is 0.190. The highest BCUT2D eigenvalue weighted by Gasteiger charge is 2.14. The SMILES string of the molecule is NC(N)=Nc1ccc(C(=O)Oc2ccc(/C=C/C(=O)N3CCOCC3)cc2)cc1. The van der Waals surface area contributed by atoms with E-state index in [0.29, 0.717) is 43.3 Å². The molecule has 0 unspecified atom stereocenters. The highest BCUT2D eigenvalue weighted by atomic mass is 16.5. The van der Waals surface area contributed by atoms with E-state index in [1.54, 1.807) is 59.5 Å². The lowest BCUT2D eigenvalue weighted by molar-refractivity contribution is -0.129. The summed E-state index contributed by atoms with van der Waals surface area (Å²) in [6.45, 7) is 2.34. The second-order valence-corrected chi connectivity index (χ2v) is 6.31. The number of carbonyl (C=O) groups is 2. The molecule has 0 saturated carbocycles. The Balaban J connectivity index is 1.57. The second kappa shape index (κ2) is 9.52. The first-order chi connectivity index (χ1) is 14.0. The summed E-state index contributed by atoms with van der Waals surface area (Å²) in [5.74, 6) is -0.193. The molecule has 1 amide bonds. The predicted molar refractivity (Wildman–Crippen MR) is 110 cm³/mol. The van der Waals surface area contributed by atoms with Crippen LogP contribution in [0.4, 0.5) is 5.69 Å². The molecule has 8 nitrogen and oxygen atoms in total. The number of carbonyl (C=O) groups excluding carboxylic acids is 2. The molecule has 3 rings (SSSR count). The van der Waals surface area contributed by atoms with Gasteiger partial charge in [0.15, 0.2) is 5.96 Å². The number of hydrogen-bond donors (Lipinski definition) is 2.